The molecule has 2 rings (SSSR count). The largest absolute Gasteiger partial charge is 0.391 e. The zero-order valence-corrected chi connectivity index (χ0v) is 11.9. The van der Waals surface area contributed by atoms with Crippen molar-refractivity contribution < 1.29 is 4.84 Å². The number of hydrogen-bond donors (Lipinski definition) is 0. The standard InChI is InChI=1S/C14H11BrClNO/c15-13-5-1-12(2-6-13)10-18-17-9-11-3-7-14(16)8-4-11/h1-9H,10H2/b17-9+. The SMILES string of the molecule is Clc1ccc(/C=N/OCc2ccc(Br)cc2)cc1. The van der Waals surface area contributed by atoms with E-state index in [0.29, 0.717) is 11.6 Å². The first-order valence-corrected chi connectivity index (χ1v) is 6.56. The Morgan fingerprint density at radius 3 is 2.39 bits per heavy atom. The van der Waals surface area contributed by atoms with Gasteiger partial charge in [0.1, 0.15) is 6.61 Å². The van der Waals surface area contributed by atoms with Gasteiger partial charge in [0.25, 0.3) is 0 Å². The summed E-state index contributed by atoms with van der Waals surface area (Å²) in [6, 6.07) is 15.3. The average Bonchev–Trinajstić information content (AvgIpc) is 2.39. The van der Waals surface area contributed by atoms with Crippen molar-refractivity contribution in [3.63, 3.8) is 0 Å². The summed E-state index contributed by atoms with van der Waals surface area (Å²) in [6.45, 7) is 0.456. The number of nitrogens with zero attached hydrogens (tertiary/aromatic N) is 1. The van der Waals surface area contributed by atoms with E-state index in [4.69, 9.17) is 16.4 Å². The van der Waals surface area contributed by atoms with Crippen molar-refractivity contribution in [1.82, 2.24) is 0 Å². The first-order chi connectivity index (χ1) is 8.74. The minimum atomic E-state index is 0.456. The Morgan fingerprint density at radius 2 is 1.72 bits per heavy atom. The Morgan fingerprint density at radius 1 is 1.06 bits per heavy atom. The van der Waals surface area contributed by atoms with Crippen LogP contribution in [0, 0.1) is 0 Å². The van der Waals surface area contributed by atoms with Gasteiger partial charge in [-0.2, -0.15) is 0 Å². The van der Waals surface area contributed by atoms with Gasteiger partial charge in [-0.3, -0.25) is 0 Å². The van der Waals surface area contributed by atoms with E-state index < -0.39 is 0 Å². The van der Waals surface area contributed by atoms with Crippen LogP contribution in [-0.2, 0) is 11.4 Å². The molecule has 0 fully saturated rings. The zero-order valence-electron chi connectivity index (χ0n) is 9.51. The highest BCUT2D eigenvalue weighted by Crippen LogP contribution is 2.11. The fraction of sp³-hybridized carbons (Fsp3) is 0.0714. The Kier molecular flexibility index (Phi) is 4.79. The van der Waals surface area contributed by atoms with Gasteiger partial charge in [-0.25, -0.2) is 0 Å². The molecule has 92 valence electrons. The topological polar surface area (TPSA) is 21.6 Å². The maximum absolute atomic E-state index is 5.79. The Bertz CT molecular complexity index is 522. The average molecular weight is 325 g/mol. The van der Waals surface area contributed by atoms with Gasteiger partial charge in [0, 0.05) is 9.50 Å². The van der Waals surface area contributed by atoms with Gasteiger partial charge in [0.15, 0.2) is 0 Å². The van der Waals surface area contributed by atoms with Gasteiger partial charge in [-0.05, 0) is 35.4 Å². The normalized spacial score (nSPS) is 10.8. The molecule has 0 saturated heterocycles. The second kappa shape index (κ2) is 6.57. The van der Waals surface area contributed by atoms with Crippen LogP contribution in [0.25, 0.3) is 0 Å². The molecule has 0 spiro atoms. The minimum absolute atomic E-state index is 0.456. The van der Waals surface area contributed by atoms with E-state index in [9.17, 15) is 0 Å². The van der Waals surface area contributed by atoms with Crippen LogP contribution >= 0.6 is 27.5 Å². The monoisotopic (exact) mass is 323 g/mol. The molecule has 0 aliphatic rings. The van der Waals surface area contributed by atoms with Crippen molar-refractivity contribution in [2.45, 2.75) is 6.61 Å². The van der Waals surface area contributed by atoms with Crippen LogP contribution in [0.4, 0.5) is 0 Å². The summed E-state index contributed by atoms with van der Waals surface area (Å²) in [5.41, 5.74) is 2.03. The summed E-state index contributed by atoms with van der Waals surface area (Å²) in [5, 5.41) is 4.62. The van der Waals surface area contributed by atoms with Crippen LogP contribution in [0.5, 0.6) is 0 Å². The Hall–Kier alpha value is -1.32. The molecule has 2 nitrogen and oxygen atoms in total. The molecular weight excluding hydrogens is 314 g/mol. The number of hydrogen-bond acceptors (Lipinski definition) is 2. The smallest absolute Gasteiger partial charge is 0.142 e. The van der Waals surface area contributed by atoms with Crippen LogP contribution in [0.3, 0.4) is 0 Å². The van der Waals surface area contributed by atoms with E-state index in [-0.39, 0.29) is 0 Å². The molecule has 0 aliphatic heterocycles. The molecule has 0 N–H and O–H groups in total. The van der Waals surface area contributed by atoms with Gasteiger partial charge in [0.05, 0.1) is 6.21 Å². The van der Waals surface area contributed by atoms with Crippen LogP contribution in [0.15, 0.2) is 58.2 Å². The quantitative estimate of drug-likeness (QED) is 0.592. The van der Waals surface area contributed by atoms with Gasteiger partial charge in [-0.1, -0.05) is 57.0 Å². The van der Waals surface area contributed by atoms with Gasteiger partial charge >= 0.3 is 0 Å². The molecule has 2 aromatic rings. The maximum Gasteiger partial charge on any atom is 0.142 e. The number of oxime groups is 1. The molecule has 0 aromatic heterocycles. The molecule has 0 radical (unpaired) electrons. The van der Waals surface area contributed by atoms with E-state index >= 15 is 0 Å². The summed E-state index contributed by atoms with van der Waals surface area (Å²) >= 11 is 9.17. The van der Waals surface area contributed by atoms with Crippen LogP contribution in [-0.4, -0.2) is 6.21 Å². The molecule has 0 aliphatic carbocycles. The Labute approximate surface area is 119 Å². The van der Waals surface area contributed by atoms with Crippen molar-refractivity contribution in [2.75, 3.05) is 0 Å². The number of benzene rings is 2. The van der Waals surface area contributed by atoms with Crippen molar-refractivity contribution in [3.05, 3.63) is 69.2 Å². The van der Waals surface area contributed by atoms with Crippen molar-refractivity contribution in [1.29, 1.82) is 0 Å². The van der Waals surface area contributed by atoms with E-state index in [1.165, 1.54) is 0 Å². The maximum atomic E-state index is 5.79. The van der Waals surface area contributed by atoms with E-state index in [2.05, 4.69) is 21.1 Å². The first-order valence-electron chi connectivity index (χ1n) is 5.39. The fourth-order valence-corrected chi connectivity index (χ4v) is 1.73. The highest BCUT2D eigenvalue weighted by molar-refractivity contribution is 9.10. The van der Waals surface area contributed by atoms with Gasteiger partial charge in [-0.15, -0.1) is 0 Å². The number of rotatable bonds is 4. The van der Waals surface area contributed by atoms with Gasteiger partial charge < -0.3 is 4.84 Å². The molecule has 0 amide bonds. The third-order valence-corrected chi connectivity index (χ3v) is 3.07. The molecule has 0 unspecified atom stereocenters. The van der Waals surface area contributed by atoms with Crippen molar-refractivity contribution in [3.8, 4) is 0 Å². The summed E-state index contributed by atoms with van der Waals surface area (Å²) in [6.07, 6.45) is 1.66. The second-order valence-electron chi connectivity index (χ2n) is 3.69. The molecule has 0 saturated carbocycles. The summed E-state index contributed by atoms with van der Waals surface area (Å²) in [5.74, 6) is 0. The minimum Gasteiger partial charge on any atom is -0.391 e. The highest BCUT2D eigenvalue weighted by Gasteiger charge is 1.92. The van der Waals surface area contributed by atoms with Crippen molar-refractivity contribution in [2.24, 2.45) is 5.16 Å². The fourth-order valence-electron chi connectivity index (χ4n) is 1.34. The predicted molar refractivity (Wildman–Crippen MR) is 78.0 cm³/mol. The van der Waals surface area contributed by atoms with E-state index in [0.717, 1.165) is 15.6 Å². The van der Waals surface area contributed by atoms with Crippen LogP contribution in [0.2, 0.25) is 5.02 Å². The highest BCUT2D eigenvalue weighted by atomic mass is 79.9. The van der Waals surface area contributed by atoms with E-state index in [1.807, 2.05) is 48.5 Å². The summed E-state index contributed by atoms with van der Waals surface area (Å²) in [4.78, 5) is 5.21. The third kappa shape index (κ3) is 4.17. The Balaban J connectivity index is 1.84. The second-order valence-corrected chi connectivity index (χ2v) is 5.04. The predicted octanol–water partition coefficient (Wildman–Crippen LogP) is 4.65. The third-order valence-electron chi connectivity index (χ3n) is 2.29. The summed E-state index contributed by atoms with van der Waals surface area (Å²) in [7, 11) is 0. The molecule has 2 aromatic carbocycles. The first kappa shape index (κ1) is 13.1. The molecule has 0 bridgehead atoms. The lowest BCUT2D eigenvalue weighted by Gasteiger charge is -1.99. The lowest BCUT2D eigenvalue weighted by molar-refractivity contribution is 0.132. The molecule has 18 heavy (non-hydrogen) atoms. The lowest BCUT2D eigenvalue weighted by atomic mass is 10.2. The van der Waals surface area contributed by atoms with Crippen molar-refractivity contribution >= 4 is 33.7 Å². The van der Waals surface area contributed by atoms with E-state index in [1.54, 1.807) is 6.21 Å². The van der Waals surface area contributed by atoms with Crippen LogP contribution < -0.4 is 0 Å². The molecule has 4 heteroatoms. The summed E-state index contributed by atoms with van der Waals surface area (Å²) < 4.78 is 1.05. The van der Waals surface area contributed by atoms with Crippen LogP contribution in [0.1, 0.15) is 11.1 Å². The zero-order chi connectivity index (χ0) is 12.8. The van der Waals surface area contributed by atoms with Gasteiger partial charge in [0.2, 0.25) is 0 Å². The molecule has 0 atom stereocenters. The lowest BCUT2D eigenvalue weighted by Crippen LogP contribution is -1.87. The molecule has 0 heterocycles. The molecular formula is C14H11BrClNO. The number of halogens is 2.